The maximum absolute atomic E-state index is 12.7. The molecule has 4 nitrogen and oxygen atoms in total. The molecule has 1 aliphatic rings. The number of esters is 1. The van der Waals surface area contributed by atoms with E-state index in [-0.39, 0.29) is 23.5 Å². The molecule has 0 spiro atoms. The number of nitrogens with zero attached hydrogens (tertiary/aromatic N) is 1. The van der Waals surface area contributed by atoms with E-state index >= 15 is 0 Å². The summed E-state index contributed by atoms with van der Waals surface area (Å²) in [6.07, 6.45) is 8.98. The lowest BCUT2D eigenvalue weighted by molar-refractivity contribution is -0.139. The monoisotopic (exact) mass is 404 g/mol. The fourth-order valence-electron chi connectivity index (χ4n) is 4.38. The van der Waals surface area contributed by atoms with E-state index in [1.807, 2.05) is 19.1 Å². The molecule has 0 aromatic rings. The van der Waals surface area contributed by atoms with E-state index in [1.165, 1.54) is 0 Å². The van der Waals surface area contributed by atoms with Crippen molar-refractivity contribution < 1.29 is 9.53 Å². The standard InChI is InChI=1S/C25H44N2O2/c1-9-14-27(15-10-2)22-17-20(24(28)29-13-5)16-21(19(11-3)12-4)23(22)26-18-25(6,7)8/h9-10,16,19,21-23,26H,1-2,11-15,17-18H2,3-8H3. The van der Waals surface area contributed by atoms with Crippen molar-refractivity contribution in [3.8, 4) is 0 Å². The molecule has 0 aromatic carbocycles. The molecule has 3 unspecified atom stereocenters. The van der Waals surface area contributed by atoms with Gasteiger partial charge in [-0.3, -0.25) is 4.90 Å². The van der Waals surface area contributed by atoms with E-state index in [0.29, 0.717) is 24.9 Å². The smallest absolute Gasteiger partial charge is 0.333 e. The van der Waals surface area contributed by atoms with Crippen LogP contribution in [0, 0.1) is 17.3 Å². The van der Waals surface area contributed by atoms with Gasteiger partial charge < -0.3 is 10.1 Å². The molecule has 0 saturated heterocycles. The minimum absolute atomic E-state index is 0.167. The Morgan fingerprint density at radius 1 is 1.24 bits per heavy atom. The van der Waals surface area contributed by atoms with Crippen LogP contribution in [0.25, 0.3) is 0 Å². The second kappa shape index (κ2) is 12.3. The molecule has 4 heteroatoms. The predicted molar refractivity (Wildman–Crippen MR) is 124 cm³/mol. The number of rotatable bonds is 12. The SMILES string of the molecule is C=CCN(CC=C)C1CC(C(=O)OCC)=CC(C(CC)CC)C1NCC(C)(C)C. The van der Waals surface area contributed by atoms with Crippen molar-refractivity contribution in [2.45, 2.75) is 72.9 Å². The zero-order chi connectivity index (χ0) is 22.0. The molecule has 1 N–H and O–H groups in total. The van der Waals surface area contributed by atoms with Crippen LogP contribution in [0.1, 0.15) is 60.8 Å². The topological polar surface area (TPSA) is 41.6 Å². The highest BCUT2D eigenvalue weighted by Gasteiger charge is 2.40. The summed E-state index contributed by atoms with van der Waals surface area (Å²) >= 11 is 0. The van der Waals surface area contributed by atoms with E-state index < -0.39 is 0 Å². The fraction of sp³-hybridized carbons (Fsp3) is 0.720. The van der Waals surface area contributed by atoms with Gasteiger partial charge in [-0.15, -0.1) is 13.2 Å². The quantitative estimate of drug-likeness (QED) is 0.368. The molecule has 0 fully saturated rings. The van der Waals surface area contributed by atoms with Crippen LogP contribution in [0.15, 0.2) is 37.0 Å². The Morgan fingerprint density at radius 3 is 2.28 bits per heavy atom. The van der Waals surface area contributed by atoms with Crippen molar-refractivity contribution in [1.82, 2.24) is 10.2 Å². The Labute approximate surface area is 179 Å². The molecular weight excluding hydrogens is 360 g/mol. The van der Waals surface area contributed by atoms with Crippen molar-refractivity contribution in [2.75, 3.05) is 26.2 Å². The lowest BCUT2D eigenvalue weighted by Crippen LogP contribution is -2.58. The van der Waals surface area contributed by atoms with Crippen LogP contribution in [0.3, 0.4) is 0 Å². The van der Waals surface area contributed by atoms with Gasteiger partial charge in [0, 0.05) is 37.3 Å². The van der Waals surface area contributed by atoms with Crippen LogP contribution in [-0.4, -0.2) is 49.2 Å². The first-order valence-corrected chi connectivity index (χ1v) is 11.3. The summed E-state index contributed by atoms with van der Waals surface area (Å²) in [5.41, 5.74) is 1.01. The van der Waals surface area contributed by atoms with Gasteiger partial charge in [-0.05, 0) is 30.6 Å². The minimum Gasteiger partial charge on any atom is -0.463 e. The summed E-state index contributed by atoms with van der Waals surface area (Å²) in [6, 6.07) is 0.473. The molecule has 0 amide bonds. The Kier molecular flexibility index (Phi) is 10.9. The van der Waals surface area contributed by atoms with E-state index in [9.17, 15) is 4.79 Å². The molecule has 1 rings (SSSR count). The first kappa shape index (κ1) is 25.6. The van der Waals surface area contributed by atoms with Gasteiger partial charge in [-0.1, -0.05) is 65.7 Å². The van der Waals surface area contributed by atoms with E-state index in [1.54, 1.807) is 0 Å². The molecular formula is C25H44N2O2. The lowest BCUT2D eigenvalue weighted by atomic mass is 9.72. The van der Waals surface area contributed by atoms with Crippen LogP contribution in [-0.2, 0) is 9.53 Å². The predicted octanol–water partition coefficient (Wildman–Crippen LogP) is 4.98. The third-order valence-corrected chi connectivity index (χ3v) is 5.85. The maximum atomic E-state index is 12.7. The first-order valence-electron chi connectivity index (χ1n) is 11.3. The lowest BCUT2D eigenvalue weighted by Gasteiger charge is -2.46. The van der Waals surface area contributed by atoms with Crippen LogP contribution in [0.5, 0.6) is 0 Å². The van der Waals surface area contributed by atoms with Gasteiger partial charge in [0.05, 0.1) is 6.61 Å². The molecule has 3 atom stereocenters. The summed E-state index contributed by atoms with van der Waals surface area (Å²) in [4.78, 5) is 15.1. The van der Waals surface area contributed by atoms with Crippen LogP contribution < -0.4 is 5.32 Å². The van der Waals surface area contributed by atoms with Gasteiger partial charge in [-0.25, -0.2) is 4.79 Å². The second-order valence-electron chi connectivity index (χ2n) is 9.34. The number of ether oxygens (including phenoxy) is 1. The highest BCUT2D eigenvalue weighted by molar-refractivity contribution is 5.88. The molecule has 166 valence electrons. The van der Waals surface area contributed by atoms with E-state index in [0.717, 1.165) is 38.0 Å². The average Bonchev–Trinajstić information content (AvgIpc) is 2.66. The highest BCUT2D eigenvalue weighted by Crippen LogP contribution is 2.36. The van der Waals surface area contributed by atoms with Crippen molar-refractivity contribution in [3.05, 3.63) is 37.0 Å². The van der Waals surface area contributed by atoms with E-state index in [4.69, 9.17) is 4.74 Å². The Balaban J connectivity index is 3.39. The van der Waals surface area contributed by atoms with Crippen LogP contribution in [0.4, 0.5) is 0 Å². The fourth-order valence-corrected chi connectivity index (χ4v) is 4.38. The Bertz CT molecular complexity index is 548. The van der Waals surface area contributed by atoms with Gasteiger partial charge in [0.2, 0.25) is 0 Å². The molecule has 0 saturated carbocycles. The molecule has 0 heterocycles. The number of carbonyl (C=O) groups is 1. The number of hydrogen-bond acceptors (Lipinski definition) is 4. The molecule has 29 heavy (non-hydrogen) atoms. The largest absolute Gasteiger partial charge is 0.463 e. The molecule has 1 aliphatic carbocycles. The summed E-state index contributed by atoms with van der Waals surface area (Å²) in [5, 5.41) is 3.89. The van der Waals surface area contributed by atoms with Crippen molar-refractivity contribution >= 4 is 5.97 Å². The second-order valence-corrected chi connectivity index (χ2v) is 9.34. The zero-order valence-electron chi connectivity index (χ0n) is 19.7. The van der Waals surface area contributed by atoms with Crippen LogP contribution >= 0.6 is 0 Å². The van der Waals surface area contributed by atoms with E-state index in [2.05, 4.69) is 64.1 Å². The number of hydrogen-bond donors (Lipinski definition) is 1. The molecule has 0 aliphatic heterocycles. The van der Waals surface area contributed by atoms with Gasteiger partial charge in [0.25, 0.3) is 0 Å². The van der Waals surface area contributed by atoms with Gasteiger partial charge in [-0.2, -0.15) is 0 Å². The summed E-state index contributed by atoms with van der Waals surface area (Å²) in [7, 11) is 0. The maximum Gasteiger partial charge on any atom is 0.333 e. The van der Waals surface area contributed by atoms with Crippen molar-refractivity contribution in [1.29, 1.82) is 0 Å². The van der Waals surface area contributed by atoms with Crippen molar-refractivity contribution in [3.63, 3.8) is 0 Å². The summed E-state index contributed by atoms with van der Waals surface area (Å²) < 4.78 is 5.39. The van der Waals surface area contributed by atoms with Gasteiger partial charge >= 0.3 is 5.97 Å². The number of carbonyl (C=O) groups excluding carboxylic acids is 1. The molecule has 0 bridgehead atoms. The van der Waals surface area contributed by atoms with Crippen molar-refractivity contribution in [2.24, 2.45) is 17.3 Å². The molecule has 0 radical (unpaired) electrons. The van der Waals surface area contributed by atoms with Gasteiger partial charge in [0.15, 0.2) is 0 Å². The summed E-state index contributed by atoms with van der Waals surface area (Å²) in [6.45, 7) is 23.9. The Morgan fingerprint density at radius 2 is 1.83 bits per heavy atom. The highest BCUT2D eigenvalue weighted by atomic mass is 16.5. The third kappa shape index (κ3) is 7.75. The third-order valence-electron chi connectivity index (χ3n) is 5.85. The number of nitrogens with one attached hydrogen (secondary N) is 1. The average molecular weight is 405 g/mol. The minimum atomic E-state index is -0.167. The first-order chi connectivity index (χ1) is 13.7. The molecule has 0 aromatic heterocycles. The summed E-state index contributed by atoms with van der Waals surface area (Å²) in [5.74, 6) is 0.650. The zero-order valence-corrected chi connectivity index (χ0v) is 19.7. The van der Waals surface area contributed by atoms with Gasteiger partial charge in [0.1, 0.15) is 0 Å². The normalized spacial score (nSPS) is 22.5. The Hall–Kier alpha value is -1.39. The van der Waals surface area contributed by atoms with Crippen LogP contribution in [0.2, 0.25) is 0 Å².